The predicted molar refractivity (Wildman–Crippen MR) is 93.5 cm³/mol. The van der Waals surface area contributed by atoms with E-state index >= 15 is 0 Å². The van der Waals surface area contributed by atoms with E-state index in [1.807, 2.05) is 0 Å². The molecule has 1 aliphatic heterocycles. The van der Waals surface area contributed by atoms with Gasteiger partial charge < -0.3 is 25.6 Å². The van der Waals surface area contributed by atoms with Crippen LogP contribution in [-0.4, -0.2) is 62.9 Å². The highest BCUT2D eigenvalue weighted by Crippen LogP contribution is 2.27. The summed E-state index contributed by atoms with van der Waals surface area (Å²) in [6.45, 7) is 3.04. The zero-order valence-electron chi connectivity index (χ0n) is 13.9. The summed E-state index contributed by atoms with van der Waals surface area (Å²) in [7, 11) is 1.64. The summed E-state index contributed by atoms with van der Waals surface area (Å²) < 4.78 is 14.3. The lowest BCUT2D eigenvalue weighted by Gasteiger charge is -2.21. The fourth-order valence-electron chi connectivity index (χ4n) is 2.59. The number of hydrogen-bond donors (Lipinski definition) is 2. The molecule has 3 heterocycles. The molecule has 0 aromatic carbocycles. The summed E-state index contributed by atoms with van der Waals surface area (Å²) in [6.07, 6.45) is 2.44. The third kappa shape index (κ3) is 4.24. The third-order valence-corrected chi connectivity index (χ3v) is 4.33. The molecule has 10 nitrogen and oxygen atoms in total. The highest BCUT2D eigenvalue weighted by atomic mass is 32.1. The number of anilines is 2. The van der Waals surface area contributed by atoms with E-state index in [9.17, 15) is 4.79 Å². The Kier molecular flexibility index (Phi) is 5.43. The predicted octanol–water partition coefficient (Wildman–Crippen LogP) is 0.341. The molecule has 0 unspecified atom stereocenters. The highest BCUT2D eigenvalue weighted by molar-refractivity contribution is 6.99. The molecule has 0 atom stereocenters. The molecule has 134 valence electrons. The van der Waals surface area contributed by atoms with Crippen molar-refractivity contribution in [3.8, 4) is 5.88 Å². The van der Waals surface area contributed by atoms with Crippen LogP contribution in [0.2, 0.25) is 0 Å². The molecular weight excluding hydrogens is 344 g/mol. The minimum Gasteiger partial charge on any atom is -0.468 e. The van der Waals surface area contributed by atoms with E-state index in [0.717, 1.165) is 24.7 Å². The van der Waals surface area contributed by atoms with Gasteiger partial charge in [0.2, 0.25) is 11.8 Å². The van der Waals surface area contributed by atoms with Crippen LogP contribution in [0.3, 0.4) is 0 Å². The van der Waals surface area contributed by atoms with Gasteiger partial charge in [-0.2, -0.15) is 4.37 Å². The van der Waals surface area contributed by atoms with Crippen LogP contribution >= 0.6 is 11.7 Å². The molecule has 2 aromatic heterocycles. The Balaban J connectivity index is 1.64. The number of carbonyl (C=O) groups excluding carboxylic acids is 1. The fraction of sp³-hybridized carbons (Fsp3) is 0.500. The molecule has 0 aliphatic carbocycles. The van der Waals surface area contributed by atoms with Gasteiger partial charge in [-0.05, 0) is 12.5 Å². The number of rotatable bonds is 4. The van der Waals surface area contributed by atoms with Crippen molar-refractivity contribution in [1.82, 2.24) is 28.9 Å². The minimum absolute atomic E-state index is 0.0592. The van der Waals surface area contributed by atoms with Gasteiger partial charge in [0.05, 0.1) is 17.4 Å². The molecule has 11 heteroatoms. The first-order valence-electron chi connectivity index (χ1n) is 7.91. The second-order valence-electron chi connectivity index (χ2n) is 5.47. The maximum Gasteiger partial charge on any atom is 0.317 e. The number of ether oxygens (including phenoxy) is 1. The van der Waals surface area contributed by atoms with Crippen molar-refractivity contribution < 1.29 is 9.53 Å². The molecule has 2 aromatic rings. The summed E-state index contributed by atoms with van der Waals surface area (Å²) in [4.78, 5) is 23.6. The summed E-state index contributed by atoms with van der Waals surface area (Å²) in [5.41, 5.74) is 6.25. The summed E-state index contributed by atoms with van der Waals surface area (Å²) in [5.74, 6) is 1.38. The van der Waals surface area contributed by atoms with E-state index in [2.05, 4.69) is 28.9 Å². The molecule has 0 radical (unpaired) electrons. The maximum absolute atomic E-state index is 11.8. The highest BCUT2D eigenvalue weighted by Gasteiger charge is 2.23. The van der Waals surface area contributed by atoms with Crippen molar-refractivity contribution in [2.45, 2.75) is 13.0 Å². The third-order valence-electron chi connectivity index (χ3n) is 3.83. The molecule has 25 heavy (non-hydrogen) atoms. The first-order chi connectivity index (χ1) is 12.2. The second kappa shape index (κ2) is 7.92. The van der Waals surface area contributed by atoms with Crippen LogP contribution in [0.1, 0.15) is 12.1 Å². The molecule has 1 fully saturated rings. The van der Waals surface area contributed by atoms with Crippen LogP contribution in [0.5, 0.6) is 5.88 Å². The Labute approximate surface area is 149 Å². The lowest BCUT2D eigenvalue weighted by atomic mass is 10.4. The number of nitrogens with two attached hydrogens (primary N) is 1. The van der Waals surface area contributed by atoms with Crippen molar-refractivity contribution in [3.63, 3.8) is 0 Å². The molecular formula is C14H20N8O2S. The SMILES string of the molecule is CNC(=O)N1CCCN(c2nsnc2OCc2ccnc(N)n2)CC1. The summed E-state index contributed by atoms with van der Waals surface area (Å²) in [6, 6.07) is 1.68. The molecule has 2 amide bonds. The van der Waals surface area contributed by atoms with Gasteiger partial charge in [-0.1, -0.05) is 0 Å². The number of nitrogen functional groups attached to an aromatic ring is 1. The van der Waals surface area contributed by atoms with Crippen LogP contribution in [0.25, 0.3) is 0 Å². The van der Waals surface area contributed by atoms with Gasteiger partial charge >= 0.3 is 6.03 Å². The Morgan fingerprint density at radius 2 is 2.24 bits per heavy atom. The lowest BCUT2D eigenvalue weighted by molar-refractivity contribution is 0.204. The van der Waals surface area contributed by atoms with E-state index in [1.165, 1.54) is 0 Å². The van der Waals surface area contributed by atoms with E-state index < -0.39 is 0 Å². The van der Waals surface area contributed by atoms with E-state index in [1.54, 1.807) is 24.2 Å². The first kappa shape index (κ1) is 17.1. The van der Waals surface area contributed by atoms with Crippen molar-refractivity contribution >= 4 is 29.5 Å². The fourth-order valence-corrected chi connectivity index (χ4v) is 3.11. The topological polar surface area (TPSA) is 122 Å². The quantitative estimate of drug-likeness (QED) is 0.796. The van der Waals surface area contributed by atoms with Gasteiger partial charge in [0, 0.05) is 39.4 Å². The zero-order valence-corrected chi connectivity index (χ0v) is 14.7. The minimum atomic E-state index is -0.0592. The normalized spacial score (nSPS) is 14.9. The molecule has 3 N–H and O–H groups in total. The second-order valence-corrected chi connectivity index (χ2v) is 6.00. The average molecular weight is 364 g/mol. The number of nitrogens with one attached hydrogen (secondary N) is 1. The molecule has 1 aliphatic rings. The largest absolute Gasteiger partial charge is 0.468 e. The van der Waals surface area contributed by atoms with Gasteiger partial charge in [0.25, 0.3) is 5.88 Å². The molecule has 1 saturated heterocycles. The molecule has 0 saturated carbocycles. The summed E-state index contributed by atoms with van der Waals surface area (Å²) in [5, 5.41) is 2.66. The van der Waals surface area contributed by atoms with Crippen molar-refractivity contribution in [2.24, 2.45) is 0 Å². The van der Waals surface area contributed by atoms with E-state index in [-0.39, 0.29) is 18.6 Å². The Bertz CT molecular complexity index is 724. The van der Waals surface area contributed by atoms with Crippen LogP contribution in [0.15, 0.2) is 12.3 Å². The Morgan fingerprint density at radius 1 is 1.36 bits per heavy atom. The van der Waals surface area contributed by atoms with Crippen LogP contribution in [0, 0.1) is 0 Å². The number of aromatic nitrogens is 4. The number of nitrogens with zero attached hydrogens (tertiary/aromatic N) is 6. The zero-order chi connectivity index (χ0) is 17.6. The van der Waals surface area contributed by atoms with E-state index in [4.69, 9.17) is 10.5 Å². The van der Waals surface area contributed by atoms with Crippen molar-refractivity contribution in [2.75, 3.05) is 43.9 Å². The Morgan fingerprint density at radius 3 is 3.04 bits per heavy atom. The standard InChI is InChI=1S/C14H20N8O2S/c1-16-14(23)22-6-2-5-21(7-8-22)11-12(20-25-19-11)24-9-10-3-4-17-13(15)18-10/h3-4H,2,5-9H2,1H3,(H,16,23)(H2,15,17,18). The summed E-state index contributed by atoms with van der Waals surface area (Å²) >= 11 is 1.10. The monoisotopic (exact) mass is 364 g/mol. The van der Waals surface area contributed by atoms with Crippen LogP contribution < -0.4 is 20.7 Å². The van der Waals surface area contributed by atoms with Crippen LogP contribution in [0.4, 0.5) is 16.6 Å². The lowest BCUT2D eigenvalue weighted by Crippen LogP contribution is -2.40. The first-order valence-corrected chi connectivity index (χ1v) is 8.64. The smallest absolute Gasteiger partial charge is 0.317 e. The number of amides is 2. The van der Waals surface area contributed by atoms with Crippen molar-refractivity contribution in [3.05, 3.63) is 18.0 Å². The van der Waals surface area contributed by atoms with Gasteiger partial charge in [0.1, 0.15) is 6.61 Å². The van der Waals surface area contributed by atoms with Crippen molar-refractivity contribution in [1.29, 1.82) is 0 Å². The Hall–Kier alpha value is -2.69. The van der Waals surface area contributed by atoms with E-state index in [0.29, 0.717) is 37.0 Å². The van der Waals surface area contributed by atoms with Gasteiger partial charge in [-0.3, -0.25) is 0 Å². The molecule has 3 rings (SSSR count). The molecule has 0 spiro atoms. The number of urea groups is 1. The van der Waals surface area contributed by atoms with Gasteiger partial charge in [0.15, 0.2) is 0 Å². The van der Waals surface area contributed by atoms with Gasteiger partial charge in [-0.25, -0.2) is 14.8 Å². The van der Waals surface area contributed by atoms with Crippen LogP contribution in [-0.2, 0) is 6.61 Å². The molecule has 0 bridgehead atoms. The average Bonchev–Trinajstić information content (AvgIpc) is 2.95. The maximum atomic E-state index is 11.8. The number of hydrogen-bond acceptors (Lipinski definition) is 9. The number of carbonyl (C=O) groups is 1. The van der Waals surface area contributed by atoms with Gasteiger partial charge in [-0.15, -0.1) is 4.37 Å².